The first-order chi connectivity index (χ1) is 5.08. The van der Waals surface area contributed by atoms with Crippen LogP contribution in [0, 0.1) is 0 Å². The highest BCUT2D eigenvalue weighted by Crippen LogP contribution is 2.34. The minimum absolute atomic E-state index is 0.0872. The lowest BCUT2D eigenvalue weighted by Gasteiger charge is -2.27. The number of ether oxygens (including phenoxy) is 1. The number of aliphatic hydroxyl groups excluding tert-OH is 1. The Labute approximate surface area is 73.4 Å². The molecule has 0 saturated carbocycles. The van der Waals surface area contributed by atoms with Crippen molar-refractivity contribution in [3.8, 4) is 0 Å². The Hall–Kier alpha value is 0.270. The predicted molar refractivity (Wildman–Crippen MR) is 48.0 cm³/mol. The average Bonchev–Trinajstić information content (AvgIpc) is 2.28. The Kier molecular flexibility index (Phi) is 2.84. The van der Waals surface area contributed by atoms with Gasteiger partial charge >= 0.3 is 0 Å². The van der Waals surface area contributed by atoms with Crippen molar-refractivity contribution in [2.24, 2.45) is 0 Å². The molecule has 3 atom stereocenters. The first-order valence-electron chi connectivity index (χ1n) is 4.10. The van der Waals surface area contributed by atoms with E-state index >= 15 is 0 Å². The summed E-state index contributed by atoms with van der Waals surface area (Å²) >= 11 is 4.45. The van der Waals surface area contributed by atoms with Crippen LogP contribution in [0.4, 0.5) is 0 Å². The van der Waals surface area contributed by atoms with Crippen LogP contribution in [0.1, 0.15) is 26.7 Å². The molecular formula is C8H16O2S. The zero-order valence-corrected chi connectivity index (χ0v) is 7.97. The lowest BCUT2D eigenvalue weighted by Crippen LogP contribution is -2.39. The third-order valence-electron chi connectivity index (χ3n) is 2.29. The maximum absolute atomic E-state index is 9.52. The number of aliphatic hydroxyl groups is 1. The van der Waals surface area contributed by atoms with Crippen LogP contribution in [-0.2, 0) is 4.74 Å². The van der Waals surface area contributed by atoms with Gasteiger partial charge in [0.05, 0.1) is 12.2 Å². The molecule has 0 bridgehead atoms. The summed E-state index contributed by atoms with van der Waals surface area (Å²) in [6.07, 6.45) is 1.22. The lowest BCUT2D eigenvalue weighted by molar-refractivity contribution is -0.0113. The third kappa shape index (κ3) is 1.89. The van der Waals surface area contributed by atoms with Crippen LogP contribution >= 0.6 is 12.6 Å². The van der Waals surface area contributed by atoms with E-state index in [9.17, 15) is 5.11 Å². The molecule has 1 fully saturated rings. The SMILES string of the molecule is CCC(O)[C@H]1OCC[C@]1(C)S. The molecule has 1 heterocycles. The summed E-state index contributed by atoms with van der Waals surface area (Å²) in [7, 11) is 0. The first kappa shape index (κ1) is 9.36. The maximum Gasteiger partial charge on any atom is 0.0975 e. The van der Waals surface area contributed by atoms with Crippen molar-refractivity contribution in [2.75, 3.05) is 6.61 Å². The van der Waals surface area contributed by atoms with Gasteiger partial charge in [-0.1, -0.05) is 6.92 Å². The van der Waals surface area contributed by atoms with Crippen LogP contribution in [0.2, 0.25) is 0 Å². The number of rotatable bonds is 2. The molecule has 0 amide bonds. The van der Waals surface area contributed by atoms with E-state index in [1.165, 1.54) is 0 Å². The molecule has 11 heavy (non-hydrogen) atoms. The zero-order valence-electron chi connectivity index (χ0n) is 7.08. The van der Waals surface area contributed by atoms with Crippen LogP contribution in [0.5, 0.6) is 0 Å². The Morgan fingerprint density at radius 3 is 2.82 bits per heavy atom. The van der Waals surface area contributed by atoms with E-state index in [0.717, 1.165) is 19.4 Å². The van der Waals surface area contributed by atoms with Crippen molar-refractivity contribution in [3.05, 3.63) is 0 Å². The Bertz CT molecular complexity index is 136. The minimum Gasteiger partial charge on any atom is -0.390 e. The van der Waals surface area contributed by atoms with Gasteiger partial charge in [0.2, 0.25) is 0 Å². The number of hydrogen-bond donors (Lipinski definition) is 2. The summed E-state index contributed by atoms with van der Waals surface area (Å²) in [5.74, 6) is 0. The highest BCUT2D eigenvalue weighted by molar-refractivity contribution is 7.81. The van der Waals surface area contributed by atoms with Crippen LogP contribution < -0.4 is 0 Å². The standard InChI is InChI=1S/C8H16O2S/c1-3-6(9)7-8(2,11)4-5-10-7/h6-7,9,11H,3-5H2,1-2H3/t6?,7-,8+/m1/s1. The van der Waals surface area contributed by atoms with E-state index in [2.05, 4.69) is 12.6 Å². The topological polar surface area (TPSA) is 29.5 Å². The molecule has 1 N–H and O–H groups in total. The van der Waals surface area contributed by atoms with Gasteiger partial charge < -0.3 is 9.84 Å². The molecule has 1 saturated heterocycles. The maximum atomic E-state index is 9.52. The molecule has 0 aromatic carbocycles. The largest absolute Gasteiger partial charge is 0.390 e. The summed E-state index contributed by atoms with van der Waals surface area (Å²) in [5.41, 5.74) is 0. The minimum atomic E-state index is -0.361. The Balaban J connectivity index is 2.57. The van der Waals surface area contributed by atoms with Crippen molar-refractivity contribution in [2.45, 2.75) is 43.6 Å². The highest BCUT2D eigenvalue weighted by atomic mass is 32.1. The van der Waals surface area contributed by atoms with Gasteiger partial charge in [0.1, 0.15) is 0 Å². The molecule has 1 unspecified atom stereocenters. The predicted octanol–water partition coefficient (Wildman–Crippen LogP) is 1.23. The van der Waals surface area contributed by atoms with Crippen LogP contribution in [-0.4, -0.2) is 28.7 Å². The van der Waals surface area contributed by atoms with Crippen molar-refractivity contribution < 1.29 is 9.84 Å². The van der Waals surface area contributed by atoms with E-state index < -0.39 is 0 Å². The summed E-state index contributed by atoms with van der Waals surface area (Å²) in [5, 5.41) is 9.52. The zero-order chi connectivity index (χ0) is 8.48. The van der Waals surface area contributed by atoms with Gasteiger partial charge in [-0.3, -0.25) is 0 Å². The fraction of sp³-hybridized carbons (Fsp3) is 1.00. The molecule has 0 aromatic heterocycles. The molecule has 0 aromatic rings. The number of hydrogen-bond acceptors (Lipinski definition) is 3. The van der Waals surface area contributed by atoms with Crippen molar-refractivity contribution >= 4 is 12.6 Å². The van der Waals surface area contributed by atoms with Gasteiger partial charge in [-0.25, -0.2) is 0 Å². The fourth-order valence-electron chi connectivity index (χ4n) is 1.45. The summed E-state index contributed by atoms with van der Waals surface area (Å²) < 4.78 is 5.25. The third-order valence-corrected chi connectivity index (χ3v) is 2.76. The van der Waals surface area contributed by atoms with Crippen molar-refractivity contribution in [3.63, 3.8) is 0 Å². The van der Waals surface area contributed by atoms with E-state index in [4.69, 9.17) is 4.74 Å². The molecule has 0 aliphatic carbocycles. The van der Waals surface area contributed by atoms with Crippen LogP contribution in [0.15, 0.2) is 0 Å². The van der Waals surface area contributed by atoms with Gasteiger partial charge in [-0.05, 0) is 19.8 Å². The Morgan fingerprint density at radius 2 is 2.45 bits per heavy atom. The fourth-order valence-corrected chi connectivity index (χ4v) is 1.79. The molecule has 1 aliphatic heterocycles. The van der Waals surface area contributed by atoms with Gasteiger partial charge in [0, 0.05) is 11.4 Å². The van der Waals surface area contributed by atoms with Gasteiger partial charge in [-0.2, -0.15) is 12.6 Å². The summed E-state index contributed by atoms with van der Waals surface area (Å²) in [6.45, 7) is 4.70. The molecule has 1 rings (SSSR count). The molecule has 0 spiro atoms. The molecule has 3 heteroatoms. The quantitative estimate of drug-likeness (QED) is 0.620. The second-order valence-electron chi connectivity index (χ2n) is 3.37. The first-order valence-corrected chi connectivity index (χ1v) is 4.54. The molecule has 2 nitrogen and oxygen atoms in total. The normalized spacial score (nSPS) is 40.9. The summed E-state index contributed by atoms with van der Waals surface area (Å²) in [6, 6.07) is 0. The van der Waals surface area contributed by atoms with Crippen LogP contribution in [0.3, 0.4) is 0 Å². The van der Waals surface area contributed by atoms with E-state index in [1.54, 1.807) is 0 Å². The molecule has 0 radical (unpaired) electrons. The van der Waals surface area contributed by atoms with E-state index in [-0.39, 0.29) is 17.0 Å². The lowest BCUT2D eigenvalue weighted by atomic mass is 9.97. The average molecular weight is 176 g/mol. The van der Waals surface area contributed by atoms with Gasteiger partial charge in [-0.15, -0.1) is 0 Å². The van der Waals surface area contributed by atoms with Crippen LogP contribution in [0.25, 0.3) is 0 Å². The smallest absolute Gasteiger partial charge is 0.0975 e. The Morgan fingerprint density at radius 1 is 1.82 bits per heavy atom. The van der Waals surface area contributed by atoms with Gasteiger partial charge in [0.25, 0.3) is 0 Å². The number of thiol groups is 1. The molecular weight excluding hydrogens is 160 g/mol. The highest BCUT2D eigenvalue weighted by Gasteiger charge is 2.40. The van der Waals surface area contributed by atoms with E-state index in [0.29, 0.717) is 0 Å². The van der Waals surface area contributed by atoms with Gasteiger partial charge in [0.15, 0.2) is 0 Å². The van der Waals surface area contributed by atoms with Crippen molar-refractivity contribution in [1.82, 2.24) is 0 Å². The molecule has 66 valence electrons. The van der Waals surface area contributed by atoms with E-state index in [1.807, 2.05) is 13.8 Å². The monoisotopic (exact) mass is 176 g/mol. The molecule has 1 aliphatic rings. The second-order valence-corrected chi connectivity index (χ2v) is 4.40. The second kappa shape index (κ2) is 3.33. The van der Waals surface area contributed by atoms with Crippen molar-refractivity contribution in [1.29, 1.82) is 0 Å². The summed E-state index contributed by atoms with van der Waals surface area (Å²) in [4.78, 5) is 0.